The lowest BCUT2D eigenvalue weighted by Crippen LogP contribution is -2.41. The SMILES string of the molecule is CON=C1C[C@@H](c2nc(C3CCN(C(=O)OC(C)(C)C)CC3)no2)N(C(=O)c2ccc(-c3ccccc3)cc2)C1.CON=C1C[C@@H](c2nc(C3CCNCC3)no2)N(C(=O)c2ccc(-c3ccccc3)cc2)C1. The summed E-state index contributed by atoms with van der Waals surface area (Å²) in [5.41, 5.74) is 6.45. The quantitative estimate of drug-likeness (QED) is 0.127. The highest BCUT2D eigenvalue weighted by molar-refractivity contribution is 6.01. The fraction of sp³-hybridized carbons (Fsp3) is 0.400. The number of carbonyl (C=O) groups excluding carboxylic acids is 3. The number of nitrogens with zero attached hydrogens (tertiary/aromatic N) is 9. The first-order valence-corrected chi connectivity index (χ1v) is 24.9. The average Bonchev–Trinajstić information content (AvgIpc) is 4.27. The molecule has 0 unspecified atom stereocenters. The monoisotopic (exact) mass is 990 g/mol. The molecule has 380 valence electrons. The van der Waals surface area contributed by atoms with Crippen LogP contribution in [0.25, 0.3) is 22.3 Å². The topological polar surface area (TPSA) is 203 Å². The van der Waals surface area contributed by atoms with Crippen molar-refractivity contribution in [2.45, 2.75) is 88.8 Å². The Labute approximate surface area is 424 Å². The zero-order valence-corrected chi connectivity index (χ0v) is 42.0. The average molecular weight is 991 g/mol. The number of rotatable bonds is 10. The minimum atomic E-state index is -0.532. The normalized spacial score (nSPS) is 19.7. The van der Waals surface area contributed by atoms with Crippen molar-refractivity contribution < 1.29 is 37.8 Å². The molecule has 0 radical (unpaired) electrons. The number of ether oxygens (including phenoxy) is 1. The van der Waals surface area contributed by atoms with Gasteiger partial charge in [-0.05, 0) is 106 Å². The van der Waals surface area contributed by atoms with Crippen molar-refractivity contribution in [3.63, 3.8) is 0 Å². The minimum absolute atomic E-state index is 0.0550. The molecule has 2 atom stereocenters. The summed E-state index contributed by atoms with van der Waals surface area (Å²) in [4.78, 5) is 64.1. The Morgan fingerprint density at radius 1 is 0.589 bits per heavy atom. The Bertz CT molecular complexity index is 2870. The molecule has 6 aromatic rings. The van der Waals surface area contributed by atoms with Crippen LogP contribution in [0, 0.1) is 0 Å². The van der Waals surface area contributed by atoms with Crippen LogP contribution in [0.1, 0.15) is 127 Å². The molecule has 4 fully saturated rings. The molecule has 0 bridgehead atoms. The van der Waals surface area contributed by atoms with E-state index in [0.29, 0.717) is 80.6 Å². The van der Waals surface area contributed by atoms with Crippen molar-refractivity contribution in [2.75, 3.05) is 53.5 Å². The van der Waals surface area contributed by atoms with Crippen LogP contribution in [0.4, 0.5) is 4.79 Å². The lowest BCUT2D eigenvalue weighted by Gasteiger charge is -2.32. The van der Waals surface area contributed by atoms with E-state index >= 15 is 0 Å². The summed E-state index contributed by atoms with van der Waals surface area (Å²) < 4.78 is 16.9. The Kier molecular flexibility index (Phi) is 15.7. The lowest BCUT2D eigenvalue weighted by atomic mass is 9.96. The van der Waals surface area contributed by atoms with Crippen molar-refractivity contribution in [2.24, 2.45) is 10.3 Å². The third-order valence-corrected chi connectivity index (χ3v) is 13.5. The van der Waals surface area contributed by atoms with Gasteiger partial charge in [0, 0.05) is 48.9 Å². The summed E-state index contributed by atoms with van der Waals surface area (Å²) in [6, 6.07) is 34.6. The third-order valence-electron chi connectivity index (χ3n) is 13.5. The number of likely N-dealkylation sites (tertiary alicyclic amines) is 3. The molecule has 0 saturated carbocycles. The number of carbonyl (C=O) groups is 3. The molecule has 0 aliphatic carbocycles. The van der Waals surface area contributed by atoms with Gasteiger partial charge in [0.2, 0.25) is 11.8 Å². The Morgan fingerprint density at radius 2 is 1.00 bits per heavy atom. The molecule has 73 heavy (non-hydrogen) atoms. The molecule has 4 aromatic carbocycles. The molecular formula is C55H62N10O8. The first-order chi connectivity index (χ1) is 35.4. The molecule has 3 amide bonds. The molecule has 10 rings (SSSR count). The Hall–Kier alpha value is -7.73. The number of benzene rings is 4. The van der Waals surface area contributed by atoms with Gasteiger partial charge in [0.1, 0.15) is 31.9 Å². The van der Waals surface area contributed by atoms with E-state index in [1.165, 1.54) is 14.2 Å². The van der Waals surface area contributed by atoms with Gasteiger partial charge in [-0.1, -0.05) is 106 Å². The molecule has 6 heterocycles. The van der Waals surface area contributed by atoms with E-state index < -0.39 is 11.6 Å². The Balaban J connectivity index is 0.000000183. The van der Waals surface area contributed by atoms with Crippen molar-refractivity contribution in [1.82, 2.24) is 40.3 Å². The highest BCUT2D eigenvalue weighted by Crippen LogP contribution is 2.36. The Morgan fingerprint density at radius 3 is 1.41 bits per heavy atom. The summed E-state index contributed by atoms with van der Waals surface area (Å²) in [6.45, 7) is 9.27. The van der Waals surface area contributed by atoms with E-state index in [-0.39, 0.29) is 35.8 Å². The van der Waals surface area contributed by atoms with Gasteiger partial charge in [-0.3, -0.25) is 9.59 Å². The van der Waals surface area contributed by atoms with Crippen molar-refractivity contribution >= 4 is 29.3 Å². The minimum Gasteiger partial charge on any atom is -0.444 e. The van der Waals surface area contributed by atoms with E-state index in [4.69, 9.17) is 33.4 Å². The second-order valence-corrected chi connectivity index (χ2v) is 19.6. The molecule has 18 heteroatoms. The van der Waals surface area contributed by atoms with E-state index in [0.717, 1.165) is 65.4 Å². The maximum Gasteiger partial charge on any atom is 0.410 e. The predicted octanol–water partition coefficient (Wildman–Crippen LogP) is 9.23. The van der Waals surface area contributed by atoms with E-state index in [1.54, 1.807) is 14.7 Å². The fourth-order valence-corrected chi connectivity index (χ4v) is 9.69. The number of hydrogen-bond donors (Lipinski definition) is 1. The molecule has 18 nitrogen and oxygen atoms in total. The first kappa shape index (κ1) is 50.2. The molecule has 4 aliphatic heterocycles. The molecular weight excluding hydrogens is 929 g/mol. The lowest BCUT2D eigenvalue weighted by molar-refractivity contribution is 0.0202. The van der Waals surface area contributed by atoms with Crippen LogP contribution in [0.5, 0.6) is 0 Å². The van der Waals surface area contributed by atoms with Crippen molar-refractivity contribution in [1.29, 1.82) is 0 Å². The largest absolute Gasteiger partial charge is 0.444 e. The summed E-state index contributed by atoms with van der Waals surface area (Å²) >= 11 is 0. The summed E-state index contributed by atoms with van der Waals surface area (Å²) in [5.74, 6) is 2.25. The van der Waals surface area contributed by atoms with Crippen LogP contribution in [-0.4, -0.2) is 123 Å². The first-order valence-electron chi connectivity index (χ1n) is 24.9. The van der Waals surface area contributed by atoms with Gasteiger partial charge in [0.15, 0.2) is 11.6 Å². The predicted molar refractivity (Wildman–Crippen MR) is 273 cm³/mol. The van der Waals surface area contributed by atoms with Crippen LogP contribution in [0.2, 0.25) is 0 Å². The number of oxime groups is 2. The highest BCUT2D eigenvalue weighted by atomic mass is 16.6. The summed E-state index contributed by atoms with van der Waals surface area (Å²) in [6.07, 6.45) is 4.02. The molecule has 0 spiro atoms. The number of nitrogens with one attached hydrogen (secondary N) is 1. The maximum absolute atomic E-state index is 13.6. The second kappa shape index (κ2) is 22.8. The summed E-state index contributed by atoms with van der Waals surface area (Å²) in [7, 11) is 3.00. The molecule has 4 saturated heterocycles. The smallest absolute Gasteiger partial charge is 0.410 e. The van der Waals surface area contributed by atoms with E-state index in [9.17, 15) is 14.4 Å². The van der Waals surface area contributed by atoms with Crippen LogP contribution < -0.4 is 5.32 Å². The number of aromatic nitrogens is 4. The van der Waals surface area contributed by atoms with Crippen LogP contribution in [0.15, 0.2) is 129 Å². The second-order valence-electron chi connectivity index (χ2n) is 19.6. The van der Waals surface area contributed by atoms with Gasteiger partial charge in [-0.25, -0.2) is 4.79 Å². The molecule has 4 aliphatic rings. The molecule has 2 aromatic heterocycles. The van der Waals surface area contributed by atoms with Gasteiger partial charge < -0.3 is 43.5 Å². The number of piperidine rings is 2. The van der Waals surface area contributed by atoms with E-state index in [1.807, 2.05) is 118 Å². The van der Waals surface area contributed by atoms with Gasteiger partial charge >= 0.3 is 6.09 Å². The third kappa shape index (κ3) is 12.1. The zero-order chi connectivity index (χ0) is 50.9. The maximum atomic E-state index is 13.6. The number of amides is 3. The highest BCUT2D eigenvalue weighted by Gasteiger charge is 2.41. The molecule has 1 N–H and O–H groups in total. The van der Waals surface area contributed by atoms with Crippen LogP contribution >= 0.6 is 0 Å². The van der Waals surface area contributed by atoms with Gasteiger partial charge in [-0.15, -0.1) is 0 Å². The number of hydrogen-bond acceptors (Lipinski definition) is 15. The van der Waals surface area contributed by atoms with Gasteiger partial charge in [0.25, 0.3) is 11.8 Å². The standard InChI is InChI=1S/C30H35N5O5.C25H27N5O3/c1-30(2,3)39-29(37)34-16-14-22(15-17-34)26-31-27(40-33-26)25-18-24(32-38-4)19-35(25)28(36)23-12-10-21(11-13-23)20-8-6-5-7-9-20;1-32-28-21-15-22(24-27-23(29-33-24)19-11-13-26-14-12-19)30(16-21)25(31)20-9-7-18(8-10-20)17-5-3-2-4-6-17/h5-13,22,25H,14-19H2,1-4H3;2-10,19,22,26H,11-16H2,1H3/t25-;22-/m00/s1. The fourth-order valence-electron chi connectivity index (χ4n) is 9.69. The van der Waals surface area contributed by atoms with Gasteiger partial charge in [-0.2, -0.15) is 9.97 Å². The van der Waals surface area contributed by atoms with Gasteiger partial charge in [0.05, 0.1) is 24.5 Å². The van der Waals surface area contributed by atoms with E-state index in [2.05, 4.69) is 38.1 Å². The van der Waals surface area contributed by atoms with Crippen LogP contribution in [-0.2, 0) is 14.4 Å². The zero-order valence-electron chi connectivity index (χ0n) is 42.0. The van der Waals surface area contributed by atoms with Crippen LogP contribution in [0.3, 0.4) is 0 Å². The van der Waals surface area contributed by atoms with Crippen molar-refractivity contribution in [3.05, 3.63) is 144 Å². The summed E-state index contributed by atoms with van der Waals surface area (Å²) in [5, 5.41) is 20.1. The van der Waals surface area contributed by atoms with Crippen molar-refractivity contribution in [3.8, 4) is 22.3 Å².